The highest BCUT2D eigenvalue weighted by Crippen LogP contribution is 2.30. The molecule has 0 spiro atoms. The van der Waals surface area contributed by atoms with Gasteiger partial charge in [0, 0.05) is 19.6 Å². The molecule has 19 heavy (non-hydrogen) atoms. The van der Waals surface area contributed by atoms with Crippen LogP contribution in [0.5, 0.6) is 0 Å². The summed E-state index contributed by atoms with van der Waals surface area (Å²) in [5.74, 6) is -0.831. The van der Waals surface area contributed by atoms with Crippen molar-refractivity contribution in [2.24, 2.45) is 5.92 Å². The van der Waals surface area contributed by atoms with Crippen LogP contribution in [0.15, 0.2) is 30.3 Å². The lowest BCUT2D eigenvalue weighted by Crippen LogP contribution is -2.43. The van der Waals surface area contributed by atoms with Crippen molar-refractivity contribution >= 4 is 5.97 Å². The van der Waals surface area contributed by atoms with Gasteiger partial charge < -0.3 is 9.84 Å². The van der Waals surface area contributed by atoms with Gasteiger partial charge >= 0.3 is 5.97 Å². The molecule has 1 aromatic rings. The molecule has 4 nitrogen and oxygen atoms in total. The maximum atomic E-state index is 11.6. The van der Waals surface area contributed by atoms with Gasteiger partial charge in [-0.25, -0.2) is 0 Å². The number of carbonyl (C=O) groups is 1. The molecule has 1 saturated heterocycles. The summed E-state index contributed by atoms with van der Waals surface area (Å²) in [5.41, 5.74) is 0.250. The van der Waals surface area contributed by atoms with Crippen molar-refractivity contribution in [2.75, 3.05) is 20.2 Å². The van der Waals surface area contributed by atoms with Gasteiger partial charge in [-0.1, -0.05) is 30.3 Å². The van der Waals surface area contributed by atoms with Gasteiger partial charge in [0.05, 0.1) is 18.6 Å². The number of esters is 1. The highest BCUT2D eigenvalue weighted by Gasteiger charge is 2.44. The summed E-state index contributed by atoms with van der Waals surface area (Å²) >= 11 is 0. The van der Waals surface area contributed by atoms with E-state index >= 15 is 0 Å². The Morgan fingerprint density at radius 3 is 2.79 bits per heavy atom. The summed E-state index contributed by atoms with van der Waals surface area (Å²) < 4.78 is 4.73. The summed E-state index contributed by atoms with van der Waals surface area (Å²) in [5, 5.41) is 10.6. The van der Waals surface area contributed by atoms with Crippen molar-refractivity contribution in [3.8, 4) is 0 Å². The van der Waals surface area contributed by atoms with Crippen molar-refractivity contribution in [3.63, 3.8) is 0 Å². The molecule has 2 unspecified atom stereocenters. The molecule has 0 amide bonds. The van der Waals surface area contributed by atoms with Crippen LogP contribution in [-0.4, -0.2) is 41.8 Å². The number of ether oxygens (including phenoxy) is 1. The van der Waals surface area contributed by atoms with Crippen molar-refractivity contribution in [1.29, 1.82) is 0 Å². The standard InChI is InChI=1S/C15H21NO3/c1-12(14(17)19-2)15(18)8-9-16(11-15)10-13-6-4-3-5-7-13/h3-7,12,18H,8-11H2,1-2H3. The van der Waals surface area contributed by atoms with Crippen molar-refractivity contribution in [2.45, 2.75) is 25.5 Å². The smallest absolute Gasteiger partial charge is 0.311 e. The van der Waals surface area contributed by atoms with E-state index in [0.29, 0.717) is 13.0 Å². The quantitative estimate of drug-likeness (QED) is 0.835. The molecule has 1 heterocycles. The minimum atomic E-state index is -0.970. The third-order valence-electron chi connectivity index (χ3n) is 3.97. The number of methoxy groups -OCH3 is 1. The van der Waals surface area contributed by atoms with Crippen LogP contribution in [0, 0.1) is 5.92 Å². The van der Waals surface area contributed by atoms with Crippen LogP contribution in [-0.2, 0) is 16.1 Å². The molecule has 0 saturated carbocycles. The lowest BCUT2D eigenvalue weighted by atomic mass is 9.88. The zero-order valence-corrected chi connectivity index (χ0v) is 11.5. The molecule has 2 atom stereocenters. The van der Waals surface area contributed by atoms with Gasteiger partial charge in [0.2, 0.25) is 0 Å². The predicted octanol–water partition coefficient (Wildman–Crippen LogP) is 1.43. The van der Waals surface area contributed by atoms with Gasteiger partial charge in [0.25, 0.3) is 0 Å². The second-order valence-corrected chi connectivity index (χ2v) is 5.29. The Hall–Kier alpha value is -1.39. The molecule has 104 valence electrons. The molecule has 4 heteroatoms. The highest BCUT2D eigenvalue weighted by molar-refractivity contribution is 5.73. The Balaban J connectivity index is 1.97. The number of carbonyl (C=O) groups excluding carboxylic acids is 1. The number of hydrogen-bond acceptors (Lipinski definition) is 4. The van der Waals surface area contributed by atoms with E-state index in [0.717, 1.165) is 13.1 Å². The number of benzene rings is 1. The molecule has 2 rings (SSSR count). The fourth-order valence-electron chi connectivity index (χ4n) is 2.62. The minimum absolute atomic E-state index is 0.343. The van der Waals surface area contributed by atoms with Crippen LogP contribution in [0.2, 0.25) is 0 Å². The van der Waals surface area contributed by atoms with E-state index in [9.17, 15) is 9.90 Å². The fraction of sp³-hybridized carbons (Fsp3) is 0.533. The normalized spacial score (nSPS) is 25.2. The number of likely N-dealkylation sites (tertiary alicyclic amines) is 1. The molecule has 0 radical (unpaired) electrons. The summed E-state index contributed by atoms with van der Waals surface area (Å²) in [6.45, 7) is 3.85. The Morgan fingerprint density at radius 2 is 2.16 bits per heavy atom. The first-order valence-corrected chi connectivity index (χ1v) is 6.61. The van der Waals surface area contributed by atoms with Gasteiger partial charge in [0.15, 0.2) is 0 Å². The summed E-state index contributed by atoms with van der Waals surface area (Å²) in [4.78, 5) is 13.7. The number of rotatable bonds is 4. The topological polar surface area (TPSA) is 49.8 Å². The Morgan fingerprint density at radius 1 is 1.47 bits per heavy atom. The monoisotopic (exact) mass is 263 g/mol. The molecule has 0 aliphatic carbocycles. The molecule has 1 fully saturated rings. The second-order valence-electron chi connectivity index (χ2n) is 5.29. The van der Waals surface area contributed by atoms with E-state index in [4.69, 9.17) is 4.74 Å². The Kier molecular flexibility index (Phi) is 4.22. The molecule has 1 aliphatic rings. The maximum Gasteiger partial charge on any atom is 0.311 e. The molecular formula is C15H21NO3. The van der Waals surface area contributed by atoms with E-state index in [1.54, 1.807) is 6.92 Å². The third-order valence-corrected chi connectivity index (χ3v) is 3.97. The average molecular weight is 263 g/mol. The number of nitrogens with zero attached hydrogens (tertiary/aromatic N) is 1. The average Bonchev–Trinajstić information content (AvgIpc) is 2.81. The number of aliphatic hydroxyl groups is 1. The van der Waals surface area contributed by atoms with Crippen LogP contribution < -0.4 is 0 Å². The fourth-order valence-corrected chi connectivity index (χ4v) is 2.62. The summed E-state index contributed by atoms with van der Waals surface area (Å²) in [6.07, 6.45) is 0.607. The van der Waals surface area contributed by atoms with Gasteiger partial charge in [-0.2, -0.15) is 0 Å². The highest BCUT2D eigenvalue weighted by atomic mass is 16.5. The van der Waals surface area contributed by atoms with E-state index in [1.807, 2.05) is 18.2 Å². The number of β-amino-alcohol motifs (C(OH)–C–C–N with tert-alkyl or cyclic N) is 1. The number of hydrogen-bond donors (Lipinski definition) is 1. The van der Waals surface area contributed by atoms with Crippen molar-refractivity contribution in [3.05, 3.63) is 35.9 Å². The van der Waals surface area contributed by atoms with Gasteiger partial charge in [0.1, 0.15) is 0 Å². The summed E-state index contributed by atoms with van der Waals surface area (Å²) in [6, 6.07) is 10.1. The first-order chi connectivity index (χ1) is 9.05. The zero-order valence-electron chi connectivity index (χ0n) is 11.5. The van der Waals surface area contributed by atoms with E-state index in [-0.39, 0.29) is 5.97 Å². The Bertz CT molecular complexity index is 434. The molecule has 1 aromatic carbocycles. The predicted molar refractivity (Wildman–Crippen MR) is 72.5 cm³/mol. The van der Waals surface area contributed by atoms with E-state index in [1.165, 1.54) is 12.7 Å². The van der Waals surface area contributed by atoms with E-state index < -0.39 is 11.5 Å². The lowest BCUT2D eigenvalue weighted by Gasteiger charge is -2.28. The molecular weight excluding hydrogens is 242 g/mol. The van der Waals surface area contributed by atoms with Crippen LogP contribution in [0.1, 0.15) is 18.9 Å². The third kappa shape index (κ3) is 3.14. The first kappa shape index (κ1) is 14.0. The van der Waals surface area contributed by atoms with Crippen LogP contribution in [0.4, 0.5) is 0 Å². The van der Waals surface area contributed by atoms with Gasteiger partial charge in [-0.05, 0) is 18.9 Å². The first-order valence-electron chi connectivity index (χ1n) is 6.61. The molecule has 0 bridgehead atoms. The van der Waals surface area contributed by atoms with Gasteiger partial charge in [-0.15, -0.1) is 0 Å². The maximum absolute atomic E-state index is 11.6. The van der Waals surface area contributed by atoms with Crippen molar-refractivity contribution in [1.82, 2.24) is 4.90 Å². The summed E-state index contributed by atoms with van der Waals surface area (Å²) in [7, 11) is 1.36. The van der Waals surface area contributed by atoms with Gasteiger partial charge in [-0.3, -0.25) is 9.69 Å². The van der Waals surface area contributed by atoms with Crippen LogP contribution in [0.25, 0.3) is 0 Å². The molecule has 1 N–H and O–H groups in total. The second kappa shape index (κ2) is 5.72. The largest absolute Gasteiger partial charge is 0.469 e. The molecule has 1 aliphatic heterocycles. The SMILES string of the molecule is COC(=O)C(C)C1(O)CCN(Cc2ccccc2)C1. The lowest BCUT2D eigenvalue weighted by molar-refractivity contribution is -0.153. The van der Waals surface area contributed by atoms with E-state index in [2.05, 4.69) is 17.0 Å². The minimum Gasteiger partial charge on any atom is -0.469 e. The van der Waals surface area contributed by atoms with Crippen LogP contribution in [0.3, 0.4) is 0 Å². The Labute approximate surface area is 114 Å². The van der Waals surface area contributed by atoms with Crippen molar-refractivity contribution < 1.29 is 14.6 Å². The zero-order chi connectivity index (χ0) is 13.9. The van der Waals surface area contributed by atoms with Crippen LogP contribution >= 0.6 is 0 Å². The molecule has 0 aromatic heterocycles.